The highest BCUT2D eigenvalue weighted by molar-refractivity contribution is 7.16. The summed E-state index contributed by atoms with van der Waals surface area (Å²) in [5.74, 6) is 0. The predicted molar refractivity (Wildman–Crippen MR) is 55.6 cm³/mol. The van der Waals surface area contributed by atoms with Crippen molar-refractivity contribution in [3.05, 3.63) is 34.8 Å². The Morgan fingerprint density at radius 3 is 3.15 bits per heavy atom. The van der Waals surface area contributed by atoms with Gasteiger partial charge in [0.05, 0.1) is 5.02 Å². The van der Waals surface area contributed by atoms with Crippen LogP contribution in [0.1, 0.15) is 0 Å². The number of nitrogens with zero attached hydrogens (tertiary/aromatic N) is 2. The molecule has 0 aliphatic rings. The Hall–Kier alpha value is -1.06. The Bertz CT molecular complexity index is 581. The fourth-order valence-electron chi connectivity index (χ4n) is 1.40. The van der Waals surface area contributed by atoms with E-state index in [1.165, 1.54) is 0 Å². The molecule has 3 aromatic rings. The minimum Gasteiger partial charge on any atom is -0.290 e. The molecule has 0 amide bonds. The molecular weight excluding hydrogens is 204 g/mol. The number of rotatable bonds is 0. The third kappa shape index (κ3) is 0.975. The van der Waals surface area contributed by atoms with Crippen molar-refractivity contribution in [1.29, 1.82) is 0 Å². The number of imidazole rings is 1. The second-order valence-corrected chi connectivity index (χ2v) is 4.13. The van der Waals surface area contributed by atoms with Crippen molar-refractivity contribution < 1.29 is 0 Å². The van der Waals surface area contributed by atoms with Crippen molar-refractivity contribution in [2.75, 3.05) is 0 Å². The van der Waals surface area contributed by atoms with E-state index in [2.05, 4.69) is 4.98 Å². The number of hydrogen-bond donors (Lipinski definition) is 0. The molecule has 0 N–H and O–H groups in total. The van der Waals surface area contributed by atoms with E-state index in [1.807, 2.05) is 34.2 Å². The standard InChI is InChI=1S/C9H5ClN2S/c10-6-1-2-8-11-7-3-4-13-9(7)12(8)5-6/h1-5H. The monoisotopic (exact) mass is 208 g/mol. The lowest BCUT2D eigenvalue weighted by Crippen LogP contribution is -1.81. The summed E-state index contributed by atoms with van der Waals surface area (Å²) in [6.07, 6.45) is 1.89. The summed E-state index contributed by atoms with van der Waals surface area (Å²) < 4.78 is 2.02. The van der Waals surface area contributed by atoms with Gasteiger partial charge in [0.1, 0.15) is 16.0 Å². The molecule has 4 heteroatoms. The molecule has 0 aliphatic heterocycles. The van der Waals surface area contributed by atoms with Gasteiger partial charge in [0.2, 0.25) is 0 Å². The Balaban J connectivity index is 2.61. The lowest BCUT2D eigenvalue weighted by molar-refractivity contribution is 1.24. The van der Waals surface area contributed by atoms with E-state index < -0.39 is 0 Å². The van der Waals surface area contributed by atoms with E-state index in [4.69, 9.17) is 11.6 Å². The van der Waals surface area contributed by atoms with Gasteiger partial charge in [-0.1, -0.05) is 11.6 Å². The fourth-order valence-corrected chi connectivity index (χ4v) is 2.38. The Kier molecular flexibility index (Phi) is 1.39. The number of hydrogen-bond acceptors (Lipinski definition) is 2. The third-order valence-corrected chi connectivity index (χ3v) is 3.09. The Morgan fingerprint density at radius 2 is 2.23 bits per heavy atom. The second-order valence-electron chi connectivity index (χ2n) is 2.80. The number of aromatic nitrogens is 2. The molecule has 0 unspecified atom stereocenters. The van der Waals surface area contributed by atoms with Crippen LogP contribution in [0.25, 0.3) is 16.0 Å². The SMILES string of the molecule is Clc1ccc2nc3ccsc3n2c1. The Labute approximate surface area is 83.4 Å². The molecule has 2 nitrogen and oxygen atoms in total. The molecule has 3 heterocycles. The molecule has 0 radical (unpaired) electrons. The van der Waals surface area contributed by atoms with E-state index in [-0.39, 0.29) is 0 Å². The minimum atomic E-state index is 0.736. The van der Waals surface area contributed by atoms with E-state index in [0.717, 1.165) is 21.0 Å². The average molecular weight is 209 g/mol. The first-order valence-electron chi connectivity index (χ1n) is 3.85. The molecule has 3 aromatic heterocycles. The highest BCUT2D eigenvalue weighted by Crippen LogP contribution is 2.23. The topological polar surface area (TPSA) is 17.3 Å². The number of fused-ring (bicyclic) bond motifs is 3. The van der Waals surface area contributed by atoms with Crippen LogP contribution >= 0.6 is 22.9 Å². The molecular formula is C9H5ClN2S. The predicted octanol–water partition coefficient (Wildman–Crippen LogP) is 3.20. The van der Waals surface area contributed by atoms with Gasteiger partial charge in [0.25, 0.3) is 0 Å². The number of pyridine rings is 1. The Morgan fingerprint density at radius 1 is 1.31 bits per heavy atom. The van der Waals surface area contributed by atoms with Gasteiger partial charge in [-0.3, -0.25) is 4.40 Å². The zero-order chi connectivity index (χ0) is 8.84. The van der Waals surface area contributed by atoms with Crippen LogP contribution in [0.15, 0.2) is 29.8 Å². The second kappa shape index (κ2) is 2.47. The van der Waals surface area contributed by atoms with Crippen molar-refractivity contribution in [1.82, 2.24) is 9.38 Å². The molecule has 0 atom stereocenters. The zero-order valence-corrected chi connectivity index (χ0v) is 8.14. The van der Waals surface area contributed by atoms with Gasteiger partial charge in [-0.2, -0.15) is 0 Å². The van der Waals surface area contributed by atoms with Gasteiger partial charge in [-0.15, -0.1) is 11.3 Å². The zero-order valence-electron chi connectivity index (χ0n) is 6.57. The van der Waals surface area contributed by atoms with Crippen molar-refractivity contribution in [2.24, 2.45) is 0 Å². The van der Waals surface area contributed by atoms with Gasteiger partial charge in [-0.05, 0) is 23.6 Å². The summed E-state index contributed by atoms with van der Waals surface area (Å²) in [5, 5.41) is 2.77. The normalized spacial score (nSPS) is 11.5. The molecule has 0 spiro atoms. The first-order valence-corrected chi connectivity index (χ1v) is 5.11. The summed E-state index contributed by atoms with van der Waals surface area (Å²) in [4.78, 5) is 5.58. The van der Waals surface area contributed by atoms with Crippen molar-refractivity contribution in [3.63, 3.8) is 0 Å². The van der Waals surface area contributed by atoms with Crippen LogP contribution in [0.3, 0.4) is 0 Å². The maximum atomic E-state index is 5.90. The number of thiophene rings is 1. The van der Waals surface area contributed by atoms with Gasteiger partial charge < -0.3 is 0 Å². The summed E-state index contributed by atoms with van der Waals surface area (Å²) in [6.45, 7) is 0. The van der Waals surface area contributed by atoms with E-state index in [0.29, 0.717) is 0 Å². The molecule has 64 valence electrons. The van der Waals surface area contributed by atoms with Crippen LogP contribution in [0.4, 0.5) is 0 Å². The lowest BCUT2D eigenvalue weighted by Gasteiger charge is -1.93. The maximum absolute atomic E-state index is 5.90. The van der Waals surface area contributed by atoms with Crippen LogP contribution in [-0.4, -0.2) is 9.38 Å². The highest BCUT2D eigenvalue weighted by Gasteiger charge is 2.04. The molecule has 13 heavy (non-hydrogen) atoms. The smallest absolute Gasteiger partial charge is 0.138 e. The quantitative estimate of drug-likeness (QED) is 0.555. The average Bonchev–Trinajstić information content (AvgIpc) is 2.64. The minimum absolute atomic E-state index is 0.736. The molecule has 0 saturated heterocycles. The van der Waals surface area contributed by atoms with Crippen LogP contribution in [-0.2, 0) is 0 Å². The molecule has 0 fully saturated rings. The summed E-state index contributed by atoms with van der Waals surface area (Å²) in [7, 11) is 0. The molecule has 0 saturated carbocycles. The van der Waals surface area contributed by atoms with Gasteiger partial charge in [0.15, 0.2) is 0 Å². The third-order valence-electron chi connectivity index (χ3n) is 1.97. The van der Waals surface area contributed by atoms with Crippen molar-refractivity contribution in [2.45, 2.75) is 0 Å². The first-order chi connectivity index (χ1) is 6.34. The van der Waals surface area contributed by atoms with Crippen LogP contribution in [0, 0.1) is 0 Å². The molecule has 0 bridgehead atoms. The summed E-state index contributed by atoms with van der Waals surface area (Å²) >= 11 is 7.57. The van der Waals surface area contributed by atoms with Gasteiger partial charge in [-0.25, -0.2) is 4.98 Å². The van der Waals surface area contributed by atoms with E-state index in [1.54, 1.807) is 11.3 Å². The van der Waals surface area contributed by atoms with Crippen LogP contribution in [0.2, 0.25) is 5.02 Å². The van der Waals surface area contributed by atoms with Gasteiger partial charge in [0, 0.05) is 6.20 Å². The molecule has 0 aliphatic carbocycles. The van der Waals surface area contributed by atoms with Crippen LogP contribution in [0.5, 0.6) is 0 Å². The van der Waals surface area contributed by atoms with Crippen molar-refractivity contribution in [3.8, 4) is 0 Å². The van der Waals surface area contributed by atoms with Crippen molar-refractivity contribution >= 4 is 38.9 Å². The first kappa shape index (κ1) is 7.35. The molecule has 0 aromatic carbocycles. The van der Waals surface area contributed by atoms with E-state index in [9.17, 15) is 0 Å². The summed E-state index contributed by atoms with van der Waals surface area (Å²) in [6, 6.07) is 5.80. The lowest BCUT2D eigenvalue weighted by atomic mass is 10.5. The maximum Gasteiger partial charge on any atom is 0.138 e. The van der Waals surface area contributed by atoms with Crippen LogP contribution < -0.4 is 0 Å². The largest absolute Gasteiger partial charge is 0.290 e. The van der Waals surface area contributed by atoms with E-state index >= 15 is 0 Å². The van der Waals surface area contributed by atoms with Gasteiger partial charge >= 0.3 is 0 Å². The molecule has 3 rings (SSSR count). The highest BCUT2D eigenvalue weighted by atomic mass is 35.5. The fraction of sp³-hybridized carbons (Fsp3) is 0. The number of halogens is 1. The summed E-state index contributed by atoms with van der Waals surface area (Å²) in [5.41, 5.74) is 1.98.